The number of nitrogens with zero attached hydrogens (tertiary/aromatic N) is 1. The molecular weight excluding hydrogens is 339 g/mol. The Morgan fingerprint density at radius 2 is 2.04 bits per heavy atom. The highest BCUT2D eigenvalue weighted by Gasteiger charge is 2.30. The summed E-state index contributed by atoms with van der Waals surface area (Å²) in [5, 5.41) is 6.82. The first kappa shape index (κ1) is 20.6. The van der Waals surface area contributed by atoms with Crippen LogP contribution in [0.2, 0.25) is 0 Å². The number of nitrogens with one attached hydrogen (secondary N) is 2. The fraction of sp³-hybridized carbons (Fsp3) is 0.550. The summed E-state index contributed by atoms with van der Waals surface area (Å²) in [6.07, 6.45) is 0.807. The van der Waals surface area contributed by atoms with Gasteiger partial charge < -0.3 is 10.6 Å². The Hall–Kier alpha value is -1.66. The van der Waals surface area contributed by atoms with Gasteiger partial charge in [0.2, 0.25) is 0 Å². The van der Waals surface area contributed by atoms with Gasteiger partial charge in [0.1, 0.15) is 0 Å². The van der Waals surface area contributed by atoms with Gasteiger partial charge in [-0.25, -0.2) is 0 Å². The minimum absolute atomic E-state index is 0.505. The summed E-state index contributed by atoms with van der Waals surface area (Å²) in [5.41, 5.74) is 1.43. The predicted molar refractivity (Wildman–Crippen MR) is 101 cm³/mol. The number of piperidine rings is 1. The predicted octanol–water partition coefficient (Wildman–Crippen LogP) is 4.05. The van der Waals surface area contributed by atoms with Crippen LogP contribution in [0.5, 0.6) is 0 Å². The third kappa shape index (κ3) is 5.95. The van der Waals surface area contributed by atoms with Gasteiger partial charge in [-0.1, -0.05) is 25.1 Å². The van der Waals surface area contributed by atoms with Gasteiger partial charge in [-0.3, -0.25) is 4.99 Å². The van der Waals surface area contributed by atoms with Crippen molar-refractivity contribution in [3.63, 3.8) is 0 Å². The minimum atomic E-state index is -4.35. The summed E-state index contributed by atoms with van der Waals surface area (Å²) in [6.45, 7) is 5.65. The molecule has 0 unspecified atom stereocenters. The number of alkyl halides is 3. The highest BCUT2D eigenvalue weighted by atomic mass is 19.4. The molecule has 0 aromatic heterocycles. The molecule has 0 atom stereocenters. The van der Waals surface area contributed by atoms with E-state index in [-0.39, 0.29) is 0 Å². The molecule has 1 aliphatic rings. The Morgan fingerprint density at radius 1 is 1.31 bits per heavy atom. The maximum atomic E-state index is 13.0. The van der Waals surface area contributed by atoms with E-state index in [4.69, 9.17) is 0 Å². The van der Waals surface area contributed by atoms with E-state index in [0.29, 0.717) is 23.7 Å². The zero-order chi connectivity index (χ0) is 19.0. The van der Waals surface area contributed by atoms with E-state index in [1.165, 1.54) is 12.1 Å². The summed E-state index contributed by atoms with van der Waals surface area (Å²) in [4.78, 5) is 4.30. The monoisotopic (exact) mass is 367 g/mol. The lowest BCUT2D eigenvalue weighted by molar-refractivity contribution is -0.137. The average Bonchev–Trinajstić information content (AvgIpc) is 2.63. The molecule has 0 bridgehead atoms. The second-order valence-corrected chi connectivity index (χ2v) is 6.61. The van der Waals surface area contributed by atoms with Crippen molar-refractivity contribution in [3.05, 3.63) is 47.0 Å². The fourth-order valence-electron chi connectivity index (χ4n) is 3.30. The minimum Gasteiger partial charge on any atom is -0.317 e. The van der Waals surface area contributed by atoms with Gasteiger partial charge in [-0.15, -0.1) is 0 Å². The molecule has 144 valence electrons. The Bertz CT molecular complexity index is 629. The Kier molecular flexibility index (Phi) is 7.85. The molecule has 3 nitrogen and oxygen atoms in total. The third-order valence-electron chi connectivity index (χ3n) is 4.65. The van der Waals surface area contributed by atoms with Crippen LogP contribution in [-0.2, 0) is 6.18 Å². The molecule has 2 rings (SSSR count). The van der Waals surface area contributed by atoms with Crippen LogP contribution < -0.4 is 10.6 Å². The van der Waals surface area contributed by atoms with Crippen LogP contribution >= 0.6 is 0 Å². The Morgan fingerprint density at radius 3 is 2.65 bits per heavy atom. The molecular formula is C20H28F3N3. The molecule has 1 aromatic rings. The van der Waals surface area contributed by atoms with E-state index in [0.717, 1.165) is 50.5 Å². The topological polar surface area (TPSA) is 36.4 Å². The molecule has 0 radical (unpaired) electrons. The summed E-state index contributed by atoms with van der Waals surface area (Å²) >= 11 is 0. The van der Waals surface area contributed by atoms with Crippen molar-refractivity contribution < 1.29 is 13.2 Å². The number of benzene rings is 1. The average molecular weight is 367 g/mol. The van der Waals surface area contributed by atoms with Crippen molar-refractivity contribution in [2.45, 2.75) is 32.4 Å². The molecule has 0 aliphatic carbocycles. The van der Waals surface area contributed by atoms with E-state index in [2.05, 4.69) is 15.6 Å². The van der Waals surface area contributed by atoms with Gasteiger partial charge in [-0.2, -0.15) is 13.2 Å². The first-order chi connectivity index (χ1) is 12.5. The summed E-state index contributed by atoms with van der Waals surface area (Å²) < 4.78 is 39.1. The van der Waals surface area contributed by atoms with Crippen molar-refractivity contribution in [1.82, 2.24) is 10.6 Å². The molecule has 1 aromatic carbocycles. The first-order valence-electron chi connectivity index (χ1n) is 9.21. The number of hydrogen-bond donors (Lipinski definition) is 2. The molecule has 1 saturated heterocycles. The normalized spacial score (nSPS) is 17.6. The van der Waals surface area contributed by atoms with Crippen molar-refractivity contribution in [1.29, 1.82) is 0 Å². The lowest BCUT2D eigenvalue weighted by Gasteiger charge is -2.23. The molecule has 1 heterocycles. The molecule has 2 N–H and O–H groups in total. The molecule has 0 amide bonds. The molecule has 1 fully saturated rings. The van der Waals surface area contributed by atoms with Gasteiger partial charge >= 0.3 is 6.18 Å². The maximum Gasteiger partial charge on any atom is 0.416 e. The van der Waals surface area contributed by atoms with E-state index in [1.807, 2.05) is 13.0 Å². The van der Waals surface area contributed by atoms with Crippen LogP contribution in [0.4, 0.5) is 13.2 Å². The largest absolute Gasteiger partial charge is 0.416 e. The van der Waals surface area contributed by atoms with Crippen LogP contribution in [0.3, 0.4) is 0 Å². The van der Waals surface area contributed by atoms with Gasteiger partial charge in [0.15, 0.2) is 0 Å². The van der Waals surface area contributed by atoms with E-state index < -0.39 is 11.7 Å². The summed E-state index contributed by atoms with van der Waals surface area (Å²) in [5.74, 6) is 0.648. The van der Waals surface area contributed by atoms with Crippen LogP contribution in [0.15, 0.2) is 40.9 Å². The highest BCUT2D eigenvalue weighted by Crippen LogP contribution is 2.30. The number of hydrogen-bond acceptors (Lipinski definition) is 3. The van der Waals surface area contributed by atoms with Gasteiger partial charge in [0.25, 0.3) is 0 Å². The number of aliphatic imine (C=N–C) groups is 1. The van der Waals surface area contributed by atoms with Crippen LogP contribution in [0.25, 0.3) is 0 Å². The van der Waals surface area contributed by atoms with Gasteiger partial charge in [0.05, 0.1) is 11.3 Å². The summed E-state index contributed by atoms with van der Waals surface area (Å²) in [6, 6.07) is 5.40. The van der Waals surface area contributed by atoms with E-state index >= 15 is 0 Å². The second-order valence-electron chi connectivity index (χ2n) is 6.61. The zero-order valence-corrected chi connectivity index (χ0v) is 15.5. The number of rotatable bonds is 7. The van der Waals surface area contributed by atoms with Gasteiger partial charge in [0, 0.05) is 19.2 Å². The maximum absolute atomic E-state index is 13.0. The SMILES string of the molecule is CC/C=C(/CNCC1CCNCC1)C(=NC)c1cccc(C(F)(F)F)c1. The standard InChI is InChI=1S/C20H28F3N3/c1-3-5-17(14-26-13-15-8-10-25-11-9-15)19(24-2)16-6-4-7-18(12-16)20(21,22)23/h4-7,12,15,25-26H,3,8-11,13-14H2,1-2H3/b17-5-,24-19?. The van der Waals surface area contributed by atoms with Crippen LogP contribution in [0.1, 0.15) is 37.3 Å². The van der Waals surface area contributed by atoms with Crippen molar-refractivity contribution >= 4 is 5.71 Å². The van der Waals surface area contributed by atoms with E-state index in [1.54, 1.807) is 13.1 Å². The fourth-order valence-corrected chi connectivity index (χ4v) is 3.30. The Labute approximate surface area is 153 Å². The van der Waals surface area contributed by atoms with Gasteiger partial charge in [-0.05, 0) is 62.5 Å². The molecule has 6 heteroatoms. The Balaban J connectivity index is 2.10. The lowest BCUT2D eigenvalue weighted by Crippen LogP contribution is -2.34. The van der Waals surface area contributed by atoms with Crippen molar-refractivity contribution in [2.75, 3.05) is 33.2 Å². The van der Waals surface area contributed by atoms with Crippen molar-refractivity contribution in [2.24, 2.45) is 10.9 Å². The van der Waals surface area contributed by atoms with E-state index in [9.17, 15) is 13.2 Å². The quantitative estimate of drug-likeness (QED) is 0.714. The molecule has 26 heavy (non-hydrogen) atoms. The smallest absolute Gasteiger partial charge is 0.317 e. The van der Waals surface area contributed by atoms with Crippen LogP contribution in [-0.4, -0.2) is 38.9 Å². The number of halogens is 3. The summed E-state index contributed by atoms with van der Waals surface area (Å²) in [7, 11) is 1.63. The molecule has 0 saturated carbocycles. The number of allylic oxidation sites excluding steroid dienone is 1. The third-order valence-corrected chi connectivity index (χ3v) is 4.65. The molecule has 1 aliphatic heterocycles. The zero-order valence-electron chi connectivity index (χ0n) is 15.5. The lowest BCUT2D eigenvalue weighted by atomic mass is 9.97. The highest BCUT2D eigenvalue weighted by molar-refractivity contribution is 6.13. The second kappa shape index (κ2) is 9.88. The van der Waals surface area contributed by atoms with Crippen LogP contribution in [0, 0.1) is 5.92 Å². The first-order valence-corrected chi connectivity index (χ1v) is 9.21. The van der Waals surface area contributed by atoms with Crippen molar-refractivity contribution in [3.8, 4) is 0 Å². The molecule has 0 spiro atoms.